The third-order valence-corrected chi connectivity index (χ3v) is 4.03. The fourth-order valence-corrected chi connectivity index (χ4v) is 2.62. The molecular formula is C15H10ClF5N2O4S. The highest BCUT2D eigenvalue weighted by Crippen LogP contribution is 2.35. The molecule has 1 heterocycles. The molecule has 0 saturated carbocycles. The first-order valence-corrected chi connectivity index (χ1v) is 9.40. The average Bonchev–Trinajstić information content (AvgIpc) is 2.53. The summed E-state index contributed by atoms with van der Waals surface area (Å²) >= 11 is 5.41. The Morgan fingerprint density at radius 2 is 1.86 bits per heavy atom. The van der Waals surface area contributed by atoms with Crippen LogP contribution in [-0.2, 0) is 22.8 Å². The molecule has 1 aromatic heterocycles. The van der Waals surface area contributed by atoms with Crippen LogP contribution in [0.25, 0.3) is 0 Å². The summed E-state index contributed by atoms with van der Waals surface area (Å²) in [5.41, 5.74) is -2.55. The lowest BCUT2D eigenvalue weighted by Crippen LogP contribution is -2.30. The van der Waals surface area contributed by atoms with Gasteiger partial charge in [0.15, 0.2) is 0 Å². The summed E-state index contributed by atoms with van der Waals surface area (Å²) in [6.07, 6.45) is -3.44. The van der Waals surface area contributed by atoms with Gasteiger partial charge in [0, 0.05) is 11.6 Å². The standard InChI is InChI=1S/C15H10ClF5N2O4S/c1-28(25,26)23-14(24)8-3-11(17)7(2-12(8)18)6-27-13-4-9(15(19,20)21)10(16)5-22-13/h2-5H,6H2,1H3,(H,23,24). The van der Waals surface area contributed by atoms with Gasteiger partial charge < -0.3 is 4.74 Å². The Kier molecular flexibility index (Phi) is 6.14. The van der Waals surface area contributed by atoms with Crippen molar-refractivity contribution in [2.45, 2.75) is 12.8 Å². The number of benzene rings is 1. The Balaban J connectivity index is 2.22. The van der Waals surface area contributed by atoms with Gasteiger partial charge in [-0.3, -0.25) is 4.79 Å². The predicted molar refractivity (Wildman–Crippen MR) is 87.2 cm³/mol. The van der Waals surface area contributed by atoms with E-state index in [9.17, 15) is 35.2 Å². The van der Waals surface area contributed by atoms with Crippen LogP contribution in [0.4, 0.5) is 22.0 Å². The maximum absolute atomic E-state index is 14.1. The summed E-state index contributed by atoms with van der Waals surface area (Å²) < 4.78 is 94.8. The van der Waals surface area contributed by atoms with E-state index in [0.717, 1.165) is 0 Å². The number of ether oxygens (including phenoxy) is 1. The summed E-state index contributed by atoms with van der Waals surface area (Å²) in [5.74, 6) is -4.35. The molecule has 152 valence electrons. The van der Waals surface area contributed by atoms with Gasteiger partial charge in [-0.2, -0.15) is 13.2 Å². The Morgan fingerprint density at radius 3 is 2.43 bits per heavy atom. The molecule has 0 aliphatic rings. The summed E-state index contributed by atoms with van der Waals surface area (Å²) in [7, 11) is -4.00. The van der Waals surface area contributed by atoms with E-state index in [0.29, 0.717) is 30.7 Å². The number of nitrogens with zero attached hydrogens (tertiary/aromatic N) is 1. The number of pyridine rings is 1. The molecule has 0 unspecified atom stereocenters. The van der Waals surface area contributed by atoms with Crippen molar-refractivity contribution in [1.29, 1.82) is 0 Å². The van der Waals surface area contributed by atoms with E-state index in [2.05, 4.69) is 4.98 Å². The van der Waals surface area contributed by atoms with Crippen LogP contribution in [0, 0.1) is 11.6 Å². The largest absolute Gasteiger partial charge is 0.473 e. The predicted octanol–water partition coefficient (Wildman–Crippen LogP) is 3.30. The number of amides is 1. The second-order valence-electron chi connectivity index (χ2n) is 5.42. The van der Waals surface area contributed by atoms with Crippen molar-refractivity contribution >= 4 is 27.5 Å². The number of halogens is 6. The first-order chi connectivity index (χ1) is 12.8. The molecule has 1 amide bonds. The maximum atomic E-state index is 14.1. The summed E-state index contributed by atoms with van der Waals surface area (Å²) in [6, 6.07) is 1.47. The SMILES string of the molecule is CS(=O)(=O)NC(=O)c1cc(F)c(COc2cc(C(F)(F)F)c(Cl)cn2)cc1F. The minimum absolute atomic E-state index is 0.435. The zero-order chi connectivity index (χ0) is 21.3. The van der Waals surface area contributed by atoms with Gasteiger partial charge in [-0.05, 0) is 12.1 Å². The van der Waals surface area contributed by atoms with E-state index < -0.39 is 67.9 Å². The van der Waals surface area contributed by atoms with Crippen LogP contribution in [-0.4, -0.2) is 25.6 Å². The Bertz CT molecular complexity index is 1030. The third-order valence-electron chi connectivity index (χ3n) is 3.17. The van der Waals surface area contributed by atoms with E-state index in [1.54, 1.807) is 0 Å². The molecule has 0 bridgehead atoms. The molecule has 1 aromatic carbocycles. The number of hydrogen-bond donors (Lipinski definition) is 1. The fourth-order valence-electron chi connectivity index (χ4n) is 1.96. The van der Waals surface area contributed by atoms with E-state index >= 15 is 0 Å². The molecule has 1 N–H and O–H groups in total. The number of sulfonamides is 1. The minimum Gasteiger partial charge on any atom is -0.473 e. The van der Waals surface area contributed by atoms with Crippen LogP contribution in [0.15, 0.2) is 24.4 Å². The second kappa shape index (κ2) is 7.87. The summed E-state index contributed by atoms with van der Waals surface area (Å²) in [6.45, 7) is -0.720. The van der Waals surface area contributed by atoms with Crippen molar-refractivity contribution < 1.29 is 39.9 Å². The van der Waals surface area contributed by atoms with Crippen LogP contribution in [0.3, 0.4) is 0 Å². The molecule has 0 spiro atoms. The Labute approximate surface area is 160 Å². The monoisotopic (exact) mass is 444 g/mol. The van der Waals surface area contributed by atoms with E-state index in [4.69, 9.17) is 16.3 Å². The highest BCUT2D eigenvalue weighted by molar-refractivity contribution is 7.89. The molecule has 28 heavy (non-hydrogen) atoms. The van der Waals surface area contributed by atoms with Gasteiger partial charge in [0.05, 0.1) is 28.6 Å². The number of hydrogen-bond acceptors (Lipinski definition) is 5. The Morgan fingerprint density at radius 1 is 1.21 bits per heavy atom. The van der Waals surface area contributed by atoms with Gasteiger partial charge >= 0.3 is 6.18 Å². The van der Waals surface area contributed by atoms with Gasteiger partial charge in [0.2, 0.25) is 15.9 Å². The number of aromatic nitrogens is 1. The first kappa shape index (κ1) is 21.8. The van der Waals surface area contributed by atoms with Crippen molar-refractivity contribution in [2.75, 3.05) is 6.26 Å². The van der Waals surface area contributed by atoms with Gasteiger partial charge in [-0.15, -0.1) is 0 Å². The van der Waals surface area contributed by atoms with Gasteiger partial charge in [-0.25, -0.2) is 26.9 Å². The number of alkyl halides is 3. The van der Waals surface area contributed by atoms with Crippen molar-refractivity contribution in [3.8, 4) is 5.88 Å². The minimum atomic E-state index is -4.77. The second-order valence-corrected chi connectivity index (χ2v) is 7.57. The Hall–Kier alpha value is -2.47. The molecule has 0 aliphatic heterocycles. The van der Waals surface area contributed by atoms with E-state index in [1.165, 1.54) is 4.72 Å². The van der Waals surface area contributed by atoms with Crippen LogP contribution in [0.5, 0.6) is 5.88 Å². The number of carbonyl (C=O) groups excluding carboxylic acids is 1. The number of nitrogens with one attached hydrogen (secondary N) is 1. The highest BCUT2D eigenvalue weighted by atomic mass is 35.5. The van der Waals surface area contributed by atoms with Crippen molar-refractivity contribution in [1.82, 2.24) is 9.71 Å². The van der Waals surface area contributed by atoms with E-state index in [1.807, 2.05) is 0 Å². The lowest BCUT2D eigenvalue weighted by Gasteiger charge is -2.12. The molecule has 13 heteroatoms. The lowest BCUT2D eigenvalue weighted by atomic mass is 10.1. The number of carbonyl (C=O) groups is 1. The topological polar surface area (TPSA) is 85.4 Å². The molecule has 0 saturated heterocycles. The van der Waals surface area contributed by atoms with Crippen molar-refractivity contribution in [3.63, 3.8) is 0 Å². The van der Waals surface area contributed by atoms with Crippen LogP contribution >= 0.6 is 11.6 Å². The van der Waals surface area contributed by atoms with Crippen LogP contribution in [0.2, 0.25) is 5.02 Å². The van der Waals surface area contributed by atoms with Gasteiger partial charge in [-0.1, -0.05) is 11.6 Å². The quantitative estimate of drug-likeness (QED) is 0.715. The molecule has 0 atom stereocenters. The summed E-state index contributed by atoms with van der Waals surface area (Å²) in [5, 5.41) is -0.668. The van der Waals surface area contributed by atoms with Crippen molar-refractivity contribution in [2.24, 2.45) is 0 Å². The fraction of sp³-hybridized carbons (Fsp3) is 0.200. The molecule has 2 aromatic rings. The lowest BCUT2D eigenvalue weighted by molar-refractivity contribution is -0.137. The van der Waals surface area contributed by atoms with Crippen LogP contribution in [0.1, 0.15) is 21.5 Å². The molecule has 0 radical (unpaired) electrons. The zero-order valence-corrected chi connectivity index (χ0v) is 15.3. The molecule has 0 fully saturated rings. The first-order valence-electron chi connectivity index (χ1n) is 7.13. The smallest absolute Gasteiger partial charge is 0.418 e. The van der Waals surface area contributed by atoms with Gasteiger partial charge in [0.25, 0.3) is 5.91 Å². The zero-order valence-electron chi connectivity index (χ0n) is 13.8. The van der Waals surface area contributed by atoms with Crippen LogP contribution < -0.4 is 9.46 Å². The average molecular weight is 445 g/mol. The van der Waals surface area contributed by atoms with E-state index in [-0.39, 0.29) is 0 Å². The normalized spacial score (nSPS) is 12.0. The van der Waals surface area contributed by atoms with Gasteiger partial charge in [0.1, 0.15) is 18.2 Å². The van der Waals surface area contributed by atoms with Crippen molar-refractivity contribution in [3.05, 3.63) is 57.7 Å². The molecule has 6 nitrogen and oxygen atoms in total. The number of rotatable bonds is 5. The molecule has 0 aliphatic carbocycles. The molecule has 2 rings (SSSR count). The maximum Gasteiger partial charge on any atom is 0.418 e. The summed E-state index contributed by atoms with van der Waals surface area (Å²) in [4.78, 5) is 15.1. The highest BCUT2D eigenvalue weighted by Gasteiger charge is 2.34. The third kappa shape index (κ3) is 5.52. The molecular weight excluding hydrogens is 435 g/mol.